The third-order valence-electron chi connectivity index (χ3n) is 5.38. The van der Waals surface area contributed by atoms with Crippen molar-refractivity contribution in [3.05, 3.63) is 60.4 Å². The minimum absolute atomic E-state index is 0.244. The Balaban J connectivity index is 1.42. The molecule has 0 aliphatic heterocycles. The number of carbonyl (C=O) groups is 1. The van der Waals surface area contributed by atoms with Crippen LogP contribution in [0.15, 0.2) is 48.9 Å². The van der Waals surface area contributed by atoms with Crippen LogP contribution in [0.5, 0.6) is 0 Å². The summed E-state index contributed by atoms with van der Waals surface area (Å²) in [6.45, 7) is 3.28. The van der Waals surface area contributed by atoms with Crippen LogP contribution in [0.25, 0.3) is 33.5 Å². The number of nitrogens with one attached hydrogen (secondary N) is 2. The van der Waals surface area contributed by atoms with Gasteiger partial charge in [0.2, 0.25) is 0 Å². The summed E-state index contributed by atoms with van der Waals surface area (Å²) in [7, 11) is 0. The van der Waals surface area contributed by atoms with Crippen molar-refractivity contribution in [3.63, 3.8) is 0 Å². The summed E-state index contributed by atoms with van der Waals surface area (Å²) in [6, 6.07) is 11.3. The lowest BCUT2D eigenvalue weighted by Gasteiger charge is -2.17. The van der Waals surface area contributed by atoms with Gasteiger partial charge in [0.05, 0.1) is 17.5 Å². The lowest BCUT2D eigenvalue weighted by atomic mass is 10.1. The summed E-state index contributed by atoms with van der Waals surface area (Å²) in [4.78, 5) is 33.8. The second kappa shape index (κ2) is 7.54. The number of hydrogen-bond donors (Lipinski definition) is 2. The molecule has 1 aliphatic rings. The maximum atomic E-state index is 12.5. The average Bonchev–Trinajstić information content (AvgIpc) is 3.57. The Morgan fingerprint density at radius 1 is 1.12 bits per heavy atom. The highest BCUT2D eigenvalue weighted by atomic mass is 16.2. The molecule has 0 radical (unpaired) electrons. The van der Waals surface area contributed by atoms with E-state index in [1.165, 1.54) is 12.8 Å². The molecular weight excluding hydrogens is 402 g/mol. The van der Waals surface area contributed by atoms with Crippen LogP contribution in [0.4, 0.5) is 0 Å². The van der Waals surface area contributed by atoms with E-state index >= 15 is 0 Å². The number of carbonyl (C=O) groups excluding carboxylic acids is 1. The number of amides is 1. The number of nitrogens with zero attached hydrogens (tertiary/aromatic N) is 5. The molecule has 8 nitrogen and oxygen atoms in total. The highest BCUT2D eigenvalue weighted by Crippen LogP contribution is 2.38. The highest BCUT2D eigenvalue weighted by Gasteiger charge is 2.26. The first-order valence-corrected chi connectivity index (χ1v) is 10.4. The lowest BCUT2D eigenvalue weighted by molar-refractivity contribution is 0.0924. The van der Waals surface area contributed by atoms with Crippen molar-refractivity contribution in [2.24, 2.45) is 0 Å². The van der Waals surface area contributed by atoms with Gasteiger partial charge in [-0.05, 0) is 51.0 Å². The molecule has 1 saturated carbocycles. The molecule has 0 aromatic carbocycles. The summed E-state index contributed by atoms with van der Waals surface area (Å²) in [5.74, 6) is 1.04. The normalized spacial score (nSPS) is 13.7. The molecule has 2 N–H and O–H groups in total. The number of nitriles is 1. The van der Waals surface area contributed by atoms with Crippen molar-refractivity contribution in [1.29, 1.82) is 5.26 Å². The van der Waals surface area contributed by atoms with Gasteiger partial charge in [0.15, 0.2) is 0 Å². The molecule has 0 atom stereocenters. The van der Waals surface area contributed by atoms with Gasteiger partial charge in [-0.3, -0.25) is 4.79 Å². The predicted octanol–water partition coefficient (Wildman–Crippen LogP) is 3.99. The Labute approximate surface area is 184 Å². The van der Waals surface area contributed by atoms with Crippen molar-refractivity contribution in [2.45, 2.75) is 38.1 Å². The van der Waals surface area contributed by atoms with Gasteiger partial charge in [0.25, 0.3) is 5.91 Å². The van der Waals surface area contributed by atoms with Crippen molar-refractivity contribution >= 4 is 16.9 Å². The van der Waals surface area contributed by atoms with Gasteiger partial charge in [0.1, 0.15) is 22.7 Å². The minimum Gasteiger partial charge on any atom is -0.339 e. The van der Waals surface area contributed by atoms with Crippen LogP contribution in [0.3, 0.4) is 0 Å². The number of aromatic nitrogens is 5. The Hall–Kier alpha value is -4.12. The van der Waals surface area contributed by atoms with Gasteiger partial charge in [-0.25, -0.2) is 19.9 Å². The van der Waals surface area contributed by atoms with Gasteiger partial charge < -0.3 is 10.3 Å². The molecule has 8 heteroatoms. The quantitative estimate of drug-likeness (QED) is 0.501. The number of rotatable bonds is 5. The average molecular weight is 423 g/mol. The number of aromatic amines is 1. The fourth-order valence-electron chi connectivity index (χ4n) is 3.44. The van der Waals surface area contributed by atoms with Crippen LogP contribution < -0.4 is 5.32 Å². The minimum atomic E-state index is -0.975. The molecular formula is C24H21N7O. The third kappa shape index (κ3) is 3.93. The van der Waals surface area contributed by atoms with E-state index in [0.717, 1.165) is 33.7 Å². The van der Waals surface area contributed by atoms with E-state index in [2.05, 4.69) is 36.3 Å². The molecule has 4 heterocycles. The lowest BCUT2D eigenvalue weighted by Crippen LogP contribution is -2.42. The van der Waals surface area contributed by atoms with Crippen LogP contribution in [-0.4, -0.2) is 36.4 Å². The third-order valence-corrected chi connectivity index (χ3v) is 5.38. The topological polar surface area (TPSA) is 120 Å². The van der Waals surface area contributed by atoms with Crippen LogP contribution >= 0.6 is 0 Å². The summed E-state index contributed by atoms with van der Waals surface area (Å²) in [6.07, 6.45) is 7.76. The molecule has 0 unspecified atom stereocenters. The van der Waals surface area contributed by atoms with Gasteiger partial charge in [-0.2, -0.15) is 5.26 Å². The number of pyridine rings is 2. The van der Waals surface area contributed by atoms with Crippen LogP contribution in [0.1, 0.15) is 48.9 Å². The van der Waals surface area contributed by atoms with Crippen LogP contribution in [0, 0.1) is 11.3 Å². The zero-order valence-electron chi connectivity index (χ0n) is 17.8. The zero-order valence-corrected chi connectivity index (χ0v) is 17.8. The number of hydrogen-bond acceptors (Lipinski definition) is 6. The molecule has 0 spiro atoms. The summed E-state index contributed by atoms with van der Waals surface area (Å²) in [5.41, 5.74) is 3.24. The SMILES string of the molecule is CC(C)(C#N)NC(=O)c1cccc(-c2cnc3[nH]c(-c4cnc(C5CC5)nc4)cc3c2)n1. The molecule has 0 saturated heterocycles. The Bertz CT molecular complexity index is 1360. The van der Waals surface area contributed by atoms with Gasteiger partial charge in [-0.15, -0.1) is 0 Å². The molecule has 1 fully saturated rings. The largest absolute Gasteiger partial charge is 0.339 e. The van der Waals surface area contributed by atoms with Gasteiger partial charge in [-0.1, -0.05) is 6.07 Å². The molecule has 4 aromatic heterocycles. The second-order valence-corrected chi connectivity index (χ2v) is 8.55. The fraction of sp³-hybridized carbons (Fsp3) is 0.250. The first-order valence-electron chi connectivity index (χ1n) is 10.4. The highest BCUT2D eigenvalue weighted by molar-refractivity contribution is 5.94. The standard InChI is InChI=1S/C24H21N7O/c1-24(2,13-25)31-23(32)19-5-3-4-18(29-19)16-8-15-9-20(30-22(15)28-10-16)17-11-26-21(27-12-17)14-6-7-14/h3-5,8-12,14H,6-7H2,1-2H3,(H,28,30)(H,31,32). The fourth-order valence-corrected chi connectivity index (χ4v) is 3.44. The van der Waals surface area contributed by atoms with E-state index in [4.69, 9.17) is 5.26 Å². The summed E-state index contributed by atoms with van der Waals surface area (Å²) in [5, 5.41) is 12.7. The van der Waals surface area contributed by atoms with E-state index in [-0.39, 0.29) is 5.69 Å². The molecule has 5 rings (SSSR count). The van der Waals surface area contributed by atoms with Crippen molar-refractivity contribution in [2.75, 3.05) is 0 Å². The van der Waals surface area contributed by atoms with Crippen LogP contribution in [0.2, 0.25) is 0 Å². The molecule has 4 aromatic rings. The Kier molecular flexibility index (Phi) is 4.67. The molecule has 158 valence electrons. The van der Waals surface area contributed by atoms with E-state index in [9.17, 15) is 4.79 Å². The Morgan fingerprint density at radius 3 is 2.59 bits per heavy atom. The maximum absolute atomic E-state index is 12.5. The molecule has 1 aliphatic carbocycles. The van der Waals surface area contributed by atoms with Gasteiger partial charge in [0, 0.05) is 41.0 Å². The maximum Gasteiger partial charge on any atom is 0.271 e. The van der Waals surface area contributed by atoms with E-state index in [1.807, 2.05) is 30.6 Å². The van der Waals surface area contributed by atoms with E-state index in [1.54, 1.807) is 32.2 Å². The van der Waals surface area contributed by atoms with E-state index < -0.39 is 11.4 Å². The number of fused-ring (bicyclic) bond motifs is 1. The molecule has 32 heavy (non-hydrogen) atoms. The first-order chi connectivity index (χ1) is 15.4. The smallest absolute Gasteiger partial charge is 0.271 e. The van der Waals surface area contributed by atoms with E-state index in [0.29, 0.717) is 11.6 Å². The summed E-state index contributed by atoms with van der Waals surface area (Å²) >= 11 is 0. The molecule has 0 bridgehead atoms. The van der Waals surface area contributed by atoms with Crippen LogP contribution in [-0.2, 0) is 0 Å². The monoisotopic (exact) mass is 423 g/mol. The Morgan fingerprint density at radius 2 is 1.88 bits per heavy atom. The molecule has 1 amide bonds. The van der Waals surface area contributed by atoms with Crippen molar-refractivity contribution in [1.82, 2.24) is 30.2 Å². The van der Waals surface area contributed by atoms with Crippen molar-refractivity contribution < 1.29 is 4.79 Å². The van der Waals surface area contributed by atoms with Crippen molar-refractivity contribution in [3.8, 4) is 28.6 Å². The zero-order chi connectivity index (χ0) is 22.3. The first kappa shape index (κ1) is 19.8. The van der Waals surface area contributed by atoms with Gasteiger partial charge >= 0.3 is 0 Å². The summed E-state index contributed by atoms with van der Waals surface area (Å²) < 4.78 is 0. The second-order valence-electron chi connectivity index (χ2n) is 8.55. The number of H-pyrrole nitrogens is 1. The predicted molar refractivity (Wildman–Crippen MR) is 119 cm³/mol.